The van der Waals surface area contributed by atoms with Gasteiger partial charge in [-0.3, -0.25) is 9.59 Å². The lowest BCUT2D eigenvalue weighted by atomic mass is 9.89. The van der Waals surface area contributed by atoms with Crippen LogP contribution in [0.4, 0.5) is 4.79 Å². The second-order valence-corrected chi connectivity index (χ2v) is 7.35. The van der Waals surface area contributed by atoms with Crippen molar-refractivity contribution in [1.82, 2.24) is 25.5 Å². The third kappa shape index (κ3) is 6.10. The lowest BCUT2D eigenvalue weighted by molar-refractivity contribution is -0.139. The third-order valence-corrected chi connectivity index (χ3v) is 5.11. The summed E-state index contributed by atoms with van der Waals surface area (Å²) in [4.78, 5) is 36.0. The minimum atomic E-state index is -1.24. The summed E-state index contributed by atoms with van der Waals surface area (Å²) in [6.07, 6.45) is 3.84. The normalized spacial score (nSPS) is 15.3. The first kappa shape index (κ1) is 21.4. The molecular weight excluding hydrogens is 390 g/mol. The Hall–Kier alpha value is -3.30. The number of nitrogens with one attached hydrogen (secondary N) is 1. The zero-order chi connectivity index (χ0) is 21.3. The second-order valence-electron chi connectivity index (χ2n) is 7.35. The Balaban J connectivity index is 1.60. The Morgan fingerprint density at radius 1 is 1.17 bits per heavy atom. The SMILES string of the molecule is O=C(O)CC(NC(=O)OCc1ccccc1)C(=O)Cn1nnnc1C1CCCCC1. The van der Waals surface area contributed by atoms with E-state index in [1.165, 1.54) is 11.1 Å². The van der Waals surface area contributed by atoms with Gasteiger partial charge in [0.25, 0.3) is 0 Å². The molecule has 1 amide bonds. The number of carbonyl (C=O) groups excluding carboxylic acids is 2. The molecule has 0 bridgehead atoms. The van der Waals surface area contributed by atoms with Crippen molar-refractivity contribution in [2.45, 2.75) is 63.6 Å². The van der Waals surface area contributed by atoms with Gasteiger partial charge in [-0.1, -0.05) is 49.6 Å². The number of aliphatic carboxylic acids is 1. The first-order valence-corrected chi connectivity index (χ1v) is 10.0. The molecule has 0 radical (unpaired) electrons. The number of amides is 1. The number of aromatic nitrogens is 4. The predicted octanol–water partition coefficient (Wildman–Crippen LogP) is 2.06. The molecule has 1 fully saturated rings. The van der Waals surface area contributed by atoms with E-state index in [0.717, 1.165) is 31.2 Å². The van der Waals surface area contributed by atoms with E-state index < -0.39 is 30.3 Å². The van der Waals surface area contributed by atoms with Crippen molar-refractivity contribution in [2.75, 3.05) is 0 Å². The number of Topliss-reactive ketones (excluding diaryl/α,β-unsaturated/α-hetero) is 1. The van der Waals surface area contributed by atoms with Crippen molar-refractivity contribution in [1.29, 1.82) is 0 Å². The first-order chi connectivity index (χ1) is 14.5. The molecule has 0 saturated heterocycles. The van der Waals surface area contributed by atoms with Gasteiger partial charge in [0.2, 0.25) is 0 Å². The molecule has 1 heterocycles. The van der Waals surface area contributed by atoms with Gasteiger partial charge in [-0.05, 0) is 28.8 Å². The maximum absolute atomic E-state index is 12.7. The lowest BCUT2D eigenvalue weighted by Crippen LogP contribution is -2.44. The number of nitrogens with zero attached hydrogens (tertiary/aromatic N) is 4. The number of alkyl carbamates (subject to hydrolysis) is 1. The van der Waals surface area contributed by atoms with E-state index in [1.807, 2.05) is 18.2 Å². The molecule has 1 aromatic heterocycles. The number of carboxylic acids is 1. The molecule has 3 rings (SSSR count). The Morgan fingerprint density at radius 3 is 2.60 bits per heavy atom. The summed E-state index contributed by atoms with van der Waals surface area (Å²) < 4.78 is 6.51. The zero-order valence-electron chi connectivity index (χ0n) is 16.6. The van der Waals surface area contributed by atoms with E-state index in [0.29, 0.717) is 5.82 Å². The van der Waals surface area contributed by atoms with Crippen LogP contribution in [0.15, 0.2) is 30.3 Å². The van der Waals surface area contributed by atoms with E-state index in [1.54, 1.807) is 12.1 Å². The van der Waals surface area contributed by atoms with Crippen LogP contribution in [0.1, 0.15) is 55.8 Å². The largest absolute Gasteiger partial charge is 0.481 e. The molecule has 0 spiro atoms. The summed E-state index contributed by atoms with van der Waals surface area (Å²) in [6, 6.07) is 7.79. The monoisotopic (exact) mass is 415 g/mol. The highest BCUT2D eigenvalue weighted by molar-refractivity contribution is 5.90. The molecule has 1 saturated carbocycles. The maximum Gasteiger partial charge on any atom is 0.408 e. The van der Waals surface area contributed by atoms with Gasteiger partial charge >= 0.3 is 12.1 Å². The average Bonchev–Trinajstić information content (AvgIpc) is 3.21. The molecular formula is C20H25N5O5. The summed E-state index contributed by atoms with van der Waals surface area (Å²) >= 11 is 0. The number of hydrogen-bond donors (Lipinski definition) is 2. The molecule has 1 aliphatic rings. The van der Waals surface area contributed by atoms with Gasteiger partial charge in [-0.25, -0.2) is 9.48 Å². The van der Waals surface area contributed by atoms with Crippen LogP contribution in [0.2, 0.25) is 0 Å². The van der Waals surface area contributed by atoms with Crippen LogP contribution >= 0.6 is 0 Å². The van der Waals surface area contributed by atoms with Crippen LogP contribution in [-0.2, 0) is 27.5 Å². The quantitative estimate of drug-likeness (QED) is 0.635. The Kier molecular flexibility index (Phi) is 7.47. The highest BCUT2D eigenvalue weighted by atomic mass is 16.5. The minimum Gasteiger partial charge on any atom is -0.481 e. The van der Waals surface area contributed by atoms with E-state index in [9.17, 15) is 14.4 Å². The maximum atomic E-state index is 12.7. The molecule has 2 aromatic rings. The van der Waals surface area contributed by atoms with Crippen molar-refractivity contribution in [3.05, 3.63) is 41.7 Å². The molecule has 1 aliphatic carbocycles. The predicted molar refractivity (Wildman–Crippen MR) is 104 cm³/mol. The van der Waals surface area contributed by atoms with Gasteiger partial charge in [0, 0.05) is 5.92 Å². The van der Waals surface area contributed by atoms with Gasteiger partial charge in [0.15, 0.2) is 11.6 Å². The number of ether oxygens (including phenoxy) is 1. The van der Waals surface area contributed by atoms with E-state index >= 15 is 0 Å². The Bertz CT molecular complexity index is 863. The van der Waals surface area contributed by atoms with E-state index in [-0.39, 0.29) is 19.1 Å². The average molecular weight is 415 g/mol. The zero-order valence-corrected chi connectivity index (χ0v) is 16.6. The van der Waals surface area contributed by atoms with E-state index in [2.05, 4.69) is 20.8 Å². The first-order valence-electron chi connectivity index (χ1n) is 10.0. The van der Waals surface area contributed by atoms with Crippen molar-refractivity contribution in [2.24, 2.45) is 0 Å². The van der Waals surface area contributed by atoms with Crippen LogP contribution < -0.4 is 5.32 Å². The fourth-order valence-electron chi connectivity index (χ4n) is 3.56. The number of tetrazole rings is 1. The minimum absolute atomic E-state index is 0.0134. The van der Waals surface area contributed by atoms with Crippen LogP contribution in [0, 0.1) is 0 Å². The molecule has 0 aliphatic heterocycles. The van der Waals surface area contributed by atoms with Crippen LogP contribution in [0.25, 0.3) is 0 Å². The number of benzene rings is 1. The summed E-state index contributed by atoms with van der Waals surface area (Å²) in [6.45, 7) is -0.199. The van der Waals surface area contributed by atoms with Gasteiger partial charge < -0.3 is 15.2 Å². The molecule has 10 nitrogen and oxygen atoms in total. The van der Waals surface area contributed by atoms with Gasteiger partial charge in [0.1, 0.15) is 19.2 Å². The van der Waals surface area contributed by atoms with Crippen molar-refractivity contribution < 1.29 is 24.2 Å². The summed E-state index contributed by atoms with van der Waals surface area (Å²) in [5, 5.41) is 23.1. The molecule has 1 unspecified atom stereocenters. The number of rotatable bonds is 9. The van der Waals surface area contributed by atoms with Crippen molar-refractivity contribution >= 4 is 17.8 Å². The van der Waals surface area contributed by atoms with Crippen molar-refractivity contribution in [3.63, 3.8) is 0 Å². The number of carbonyl (C=O) groups is 3. The number of hydrogen-bond acceptors (Lipinski definition) is 7. The van der Waals surface area contributed by atoms with Crippen LogP contribution in [0.3, 0.4) is 0 Å². The summed E-state index contributed by atoms with van der Waals surface area (Å²) in [5.41, 5.74) is 0.777. The van der Waals surface area contributed by atoms with Gasteiger partial charge in [0.05, 0.1) is 6.42 Å². The molecule has 10 heteroatoms. The van der Waals surface area contributed by atoms with Gasteiger partial charge in [-0.15, -0.1) is 5.10 Å². The fourth-order valence-corrected chi connectivity index (χ4v) is 3.56. The molecule has 1 atom stereocenters. The standard InChI is InChI=1S/C20H25N5O5/c26-17(12-25-19(22-23-24-25)15-9-5-2-6-10-15)16(11-18(27)28)21-20(29)30-13-14-7-3-1-4-8-14/h1,3-4,7-8,15-16H,2,5-6,9-13H2,(H,21,29)(H,27,28). The second kappa shape index (κ2) is 10.5. The topological polar surface area (TPSA) is 136 Å². The molecule has 30 heavy (non-hydrogen) atoms. The van der Waals surface area contributed by atoms with E-state index in [4.69, 9.17) is 9.84 Å². The number of carboxylic acid groups (broad SMARTS) is 1. The van der Waals surface area contributed by atoms with Gasteiger partial charge in [-0.2, -0.15) is 0 Å². The fraction of sp³-hybridized carbons (Fsp3) is 0.500. The summed E-state index contributed by atoms with van der Waals surface area (Å²) in [5.74, 6) is -0.897. The smallest absolute Gasteiger partial charge is 0.408 e. The Morgan fingerprint density at radius 2 is 1.90 bits per heavy atom. The highest BCUT2D eigenvalue weighted by Crippen LogP contribution is 2.30. The molecule has 160 valence electrons. The molecule has 1 aromatic carbocycles. The molecule has 2 N–H and O–H groups in total. The summed E-state index contributed by atoms with van der Waals surface area (Å²) in [7, 11) is 0. The van der Waals surface area contributed by atoms with Crippen LogP contribution in [0.5, 0.6) is 0 Å². The van der Waals surface area contributed by atoms with Crippen molar-refractivity contribution in [3.8, 4) is 0 Å². The lowest BCUT2D eigenvalue weighted by Gasteiger charge is -2.21. The third-order valence-electron chi connectivity index (χ3n) is 5.11. The highest BCUT2D eigenvalue weighted by Gasteiger charge is 2.28. The Labute approximate surface area is 173 Å². The van der Waals surface area contributed by atoms with Crippen LogP contribution in [-0.4, -0.2) is 49.2 Å². The number of ketones is 1.